The minimum Gasteiger partial charge on any atom is -0.318 e. The van der Waals surface area contributed by atoms with E-state index in [1.54, 1.807) is 12.1 Å². The summed E-state index contributed by atoms with van der Waals surface area (Å²) < 4.78 is 11.0. The van der Waals surface area contributed by atoms with Crippen LogP contribution < -0.4 is 10.6 Å². The Morgan fingerprint density at radius 1 is 1.40 bits per heavy atom. The van der Waals surface area contributed by atoms with E-state index in [1.807, 2.05) is 6.07 Å². The molecule has 6 heteroatoms. The molecule has 1 aliphatic rings. The van der Waals surface area contributed by atoms with E-state index >= 15 is 0 Å². The van der Waals surface area contributed by atoms with Crippen molar-refractivity contribution in [3.63, 3.8) is 0 Å². The lowest BCUT2D eigenvalue weighted by Crippen LogP contribution is -2.06. The average Bonchev–Trinajstić information content (AvgIpc) is 2.43. The van der Waals surface area contributed by atoms with Crippen LogP contribution in [0.4, 0.5) is 5.69 Å². The van der Waals surface area contributed by atoms with Gasteiger partial charge in [0.1, 0.15) is 5.78 Å². The largest absolute Gasteiger partial charge is 0.360 e. The summed E-state index contributed by atoms with van der Waals surface area (Å²) in [4.78, 5) is 20.2. The highest BCUT2D eigenvalue weighted by atomic mass is 31.2. The van der Waals surface area contributed by atoms with Gasteiger partial charge in [0.2, 0.25) is 0 Å². The molecule has 4 N–H and O–H groups in total. The molecule has 1 unspecified atom stereocenters. The highest BCUT2D eigenvalue weighted by molar-refractivity contribution is 7.57. The molecule has 0 spiro atoms. The van der Waals surface area contributed by atoms with Gasteiger partial charge in [-0.15, -0.1) is 0 Å². The summed E-state index contributed by atoms with van der Waals surface area (Å²) in [5.41, 5.74) is 7.17. The highest BCUT2D eigenvalue weighted by Gasteiger charge is 2.23. The van der Waals surface area contributed by atoms with Crippen LogP contribution >= 0.6 is 7.67 Å². The number of ketones is 1. The van der Waals surface area contributed by atoms with Crippen molar-refractivity contribution in [2.75, 3.05) is 5.09 Å². The zero-order valence-corrected chi connectivity index (χ0v) is 8.83. The minimum atomic E-state index is -3.80. The van der Waals surface area contributed by atoms with Crippen molar-refractivity contribution in [1.29, 1.82) is 0 Å². The number of hydrogen-bond donors (Lipinski definition) is 3. The molecule has 0 heterocycles. The third kappa shape index (κ3) is 2.26. The number of carbonyl (C=O) groups is 1. The fourth-order valence-corrected chi connectivity index (χ4v) is 2.31. The molecule has 1 aromatic carbocycles. The van der Waals surface area contributed by atoms with E-state index in [2.05, 4.69) is 5.09 Å². The van der Waals surface area contributed by atoms with E-state index in [0.29, 0.717) is 18.5 Å². The quantitative estimate of drug-likeness (QED) is 0.649. The average molecular weight is 226 g/mol. The SMILES string of the molecule is NP(=O)(O)Nc1cccc2c1CC(=O)C2. The van der Waals surface area contributed by atoms with Crippen LogP contribution in [0.5, 0.6) is 0 Å². The molecule has 0 saturated carbocycles. The summed E-state index contributed by atoms with van der Waals surface area (Å²) in [5.74, 6) is 0.115. The first-order valence-electron chi connectivity index (χ1n) is 4.48. The molecular weight excluding hydrogens is 215 g/mol. The predicted octanol–water partition coefficient (Wildman–Crippen LogP) is 0.825. The van der Waals surface area contributed by atoms with Crippen molar-refractivity contribution in [1.82, 2.24) is 0 Å². The molecule has 1 aromatic rings. The molecule has 1 aliphatic carbocycles. The van der Waals surface area contributed by atoms with Gasteiger partial charge in [-0.2, -0.15) is 0 Å². The van der Waals surface area contributed by atoms with E-state index in [0.717, 1.165) is 11.1 Å². The molecule has 1 atom stereocenters. The maximum absolute atomic E-state index is 11.2. The molecule has 0 saturated heterocycles. The van der Waals surface area contributed by atoms with Crippen LogP contribution in [0.1, 0.15) is 11.1 Å². The number of nitrogens with two attached hydrogens (primary N) is 1. The predicted molar refractivity (Wildman–Crippen MR) is 56.5 cm³/mol. The summed E-state index contributed by atoms with van der Waals surface area (Å²) in [7, 11) is -3.80. The van der Waals surface area contributed by atoms with E-state index < -0.39 is 7.67 Å². The number of rotatable bonds is 2. The fraction of sp³-hybridized carbons (Fsp3) is 0.222. The molecule has 0 amide bonds. The lowest BCUT2D eigenvalue weighted by molar-refractivity contribution is -0.117. The second-order valence-electron chi connectivity index (χ2n) is 3.57. The lowest BCUT2D eigenvalue weighted by Gasteiger charge is -2.12. The van der Waals surface area contributed by atoms with Gasteiger partial charge >= 0.3 is 7.67 Å². The number of Topliss-reactive ketones (excluding diaryl/α,β-unsaturated/α-hetero) is 1. The zero-order valence-electron chi connectivity index (χ0n) is 7.93. The fourth-order valence-electron chi connectivity index (χ4n) is 1.76. The van der Waals surface area contributed by atoms with E-state index in [1.165, 1.54) is 0 Å². The Bertz CT molecular complexity index is 466. The van der Waals surface area contributed by atoms with Crippen LogP contribution in [0.2, 0.25) is 0 Å². The van der Waals surface area contributed by atoms with Crippen molar-refractivity contribution in [2.45, 2.75) is 12.8 Å². The molecule has 2 rings (SSSR count). The minimum absolute atomic E-state index is 0.115. The topological polar surface area (TPSA) is 92.4 Å². The Morgan fingerprint density at radius 3 is 2.80 bits per heavy atom. The van der Waals surface area contributed by atoms with Gasteiger partial charge in [-0.3, -0.25) is 4.79 Å². The first kappa shape index (κ1) is 10.4. The molecule has 0 aromatic heterocycles. The molecule has 80 valence electrons. The Balaban J connectivity index is 2.39. The zero-order chi connectivity index (χ0) is 11.1. The van der Waals surface area contributed by atoms with Gasteiger partial charge in [-0.1, -0.05) is 12.1 Å². The summed E-state index contributed by atoms with van der Waals surface area (Å²) in [5, 5.41) is 2.34. The number of hydrogen-bond acceptors (Lipinski definition) is 2. The van der Waals surface area contributed by atoms with E-state index in [-0.39, 0.29) is 5.78 Å². The van der Waals surface area contributed by atoms with Gasteiger partial charge in [0, 0.05) is 18.5 Å². The van der Waals surface area contributed by atoms with Crippen LogP contribution in [0.25, 0.3) is 0 Å². The smallest absolute Gasteiger partial charge is 0.318 e. The highest BCUT2D eigenvalue weighted by Crippen LogP contribution is 2.36. The van der Waals surface area contributed by atoms with Crippen molar-refractivity contribution >= 4 is 19.1 Å². The van der Waals surface area contributed by atoms with Crippen LogP contribution in [-0.2, 0) is 22.2 Å². The van der Waals surface area contributed by atoms with Crippen molar-refractivity contribution in [2.24, 2.45) is 5.50 Å². The van der Waals surface area contributed by atoms with Crippen LogP contribution in [0, 0.1) is 0 Å². The van der Waals surface area contributed by atoms with E-state index in [9.17, 15) is 9.36 Å². The third-order valence-corrected chi connectivity index (χ3v) is 2.88. The van der Waals surface area contributed by atoms with Gasteiger partial charge < -0.3 is 9.98 Å². The van der Waals surface area contributed by atoms with E-state index in [4.69, 9.17) is 10.4 Å². The van der Waals surface area contributed by atoms with Gasteiger partial charge in [-0.05, 0) is 17.2 Å². The Kier molecular flexibility index (Phi) is 2.38. The summed E-state index contributed by atoms with van der Waals surface area (Å²) in [6.07, 6.45) is 0.698. The first-order chi connectivity index (χ1) is 6.96. The summed E-state index contributed by atoms with van der Waals surface area (Å²) >= 11 is 0. The maximum atomic E-state index is 11.2. The Morgan fingerprint density at radius 2 is 2.13 bits per heavy atom. The number of carbonyl (C=O) groups excluding carboxylic acids is 1. The van der Waals surface area contributed by atoms with Crippen LogP contribution in [0.3, 0.4) is 0 Å². The molecule has 0 bridgehead atoms. The Labute approximate surface area is 86.9 Å². The molecule has 0 radical (unpaired) electrons. The number of fused-ring (bicyclic) bond motifs is 1. The van der Waals surface area contributed by atoms with Crippen molar-refractivity contribution in [3.8, 4) is 0 Å². The van der Waals surface area contributed by atoms with Crippen molar-refractivity contribution in [3.05, 3.63) is 29.3 Å². The standard InChI is InChI=1S/C9H11N2O3P/c10-15(13,14)11-9-3-1-2-6-4-7(12)5-8(6)9/h1-3H,4-5H2,(H4,10,11,13,14). The molecular formula is C9H11N2O3P. The second-order valence-corrected chi connectivity index (χ2v) is 5.04. The third-order valence-electron chi connectivity index (χ3n) is 2.32. The second kappa shape index (κ2) is 3.45. The van der Waals surface area contributed by atoms with Gasteiger partial charge in [0.25, 0.3) is 0 Å². The van der Waals surface area contributed by atoms with Crippen LogP contribution in [0.15, 0.2) is 18.2 Å². The molecule has 5 nitrogen and oxygen atoms in total. The first-order valence-corrected chi connectivity index (χ1v) is 6.21. The van der Waals surface area contributed by atoms with Gasteiger partial charge in [0.05, 0.1) is 0 Å². The monoisotopic (exact) mass is 226 g/mol. The van der Waals surface area contributed by atoms with Gasteiger partial charge in [-0.25, -0.2) is 10.1 Å². The molecule has 15 heavy (non-hydrogen) atoms. The van der Waals surface area contributed by atoms with Gasteiger partial charge in [0.15, 0.2) is 0 Å². The summed E-state index contributed by atoms with van der Waals surface area (Å²) in [6, 6.07) is 5.22. The normalized spacial score (nSPS) is 18.4. The summed E-state index contributed by atoms with van der Waals surface area (Å²) in [6.45, 7) is 0. The molecule has 0 fully saturated rings. The lowest BCUT2D eigenvalue weighted by atomic mass is 10.1. The number of anilines is 1. The maximum Gasteiger partial charge on any atom is 0.360 e. The molecule has 0 aliphatic heterocycles. The number of benzene rings is 1. The Hall–Kier alpha value is -1.16. The van der Waals surface area contributed by atoms with Crippen molar-refractivity contribution < 1.29 is 14.3 Å². The van der Waals surface area contributed by atoms with Crippen LogP contribution in [-0.4, -0.2) is 10.7 Å². The number of nitrogens with one attached hydrogen (secondary N) is 1.